The number of nitrogen functional groups attached to an aromatic ring is 1. The van der Waals surface area contributed by atoms with E-state index in [-0.39, 0.29) is 5.95 Å². The number of fused-ring (bicyclic) bond motifs is 1. The largest absolute Gasteiger partial charge is 0.497 e. The molecule has 0 aliphatic rings. The van der Waals surface area contributed by atoms with Gasteiger partial charge in [-0.2, -0.15) is 0 Å². The number of hydrogen-bond donors (Lipinski definition) is 1. The Labute approximate surface area is 163 Å². The second-order valence-corrected chi connectivity index (χ2v) is 6.45. The van der Waals surface area contributed by atoms with E-state index >= 15 is 0 Å². The number of methoxy groups -OCH3 is 1. The molecule has 2 aromatic carbocycles. The Morgan fingerprint density at radius 2 is 1.82 bits per heavy atom. The van der Waals surface area contributed by atoms with Crippen molar-refractivity contribution in [2.24, 2.45) is 0 Å². The molecule has 2 N–H and O–H groups in total. The fourth-order valence-corrected chi connectivity index (χ4v) is 3.07. The number of aryl methyl sites for hydroxylation is 1. The number of anilines is 1. The fourth-order valence-electron chi connectivity index (χ4n) is 3.07. The molecule has 0 atom stereocenters. The van der Waals surface area contributed by atoms with Gasteiger partial charge in [0, 0.05) is 23.3 Å². The van der Waals surface area contributed by atoms with E-state index in [4.69, 9.17) is 15.2 Å². The Morgan fingerprint density at radius 3 is 2.61 bits per heavy atom. The van der Waals surface area contributed by atoms with Crippen LogP contribution < -0.4 is 15.2 Å². The van der Waals surface area contributed by atoms with E-state index < -0.39 is 0 Å². The molecule has 0 radical (unpaired) electrons. The molecule has 0 bridgehead atoms. The molecular formula is C22H20N4O2. The second kappa shape index (κ2) is 7.52. The lowest BCUT2D eigenvalue weighted by molar-refractivity contribution is 0.295. The Kier molecular flexibility index (Phi) is 4.76. The average Bonchev–Trinajstić information content (AvgIpc) is 2.72. The Bertz CT molecular complexity index is 1130. The van der Waals surface area contributed by atoms with E-state index in [0.29, 0.717) is 12.5 Å². The van der Waals surface area contributed by atoms with Crippen LogP contribution in [0.1, 0.15) is 11.1 Å². The molecule has 2 aromatic heterocycles. The molecule has 0 aliphatic carbocycles. The minimum absolute atomic E-state index is 0.265. The molecular weight excluding hydrogens is 352 g/mol. The van der Waals surface area contributed by atoms with Crippen LogP contribution in [-0.4, -0.2) is 22.1 Å². The van der Waals surface area contributed by atoms with Crippen molar-refractivity contribution in [1.82, 2.24) is 15.0 Å². The zero-order valence-corrected chi connectivity index (χ0v) is 15.7. The summed E-state index contributed by atoms with van der Waals surface area (Å²) in [4.78, 5) is 12.8. The van der Waals surface area contributed by atoms with E-state index in [1.54, 1.807) is 19.5 Å². The van der Waals surface area contributed by atoms with E-state index in [1.807, 2.05) is 55.5 Å². The van der Waals surface area contributed by atoms with E-state index in [9.17, 15) is 0 Å². The average molecular weight is 372 g/mol. The van der Waals surface area contributed by atoms with Crippen LogP contribution in [0.25, 0.3) is 22.0 Å². The van der Waals surface area contributed by atoms with Crippen LogP contribution in [-0.2, 0) is 6.61 Å². The van der Waals surface area contributed by atoms with Gasteiger partial charge in [0.25, 0.3) is 0 Å². The lowest BCUT2D eigenvalue weighted by Gasteiger charge is -2.14. The zero-order valence-electron chi connectivity index (χ0n) is 15.7. The molecule has 4 aromatic rings. The topological polar surface area (TPSA) is 83.2 Å². The number of nitrogens with zero attached hydrogens (tertiary/aromatic N) is 3. The van der Waals surface area contributed by atoms with Crippen molar-refractivity contribution in [3.8, 4) is 22.8 Å². The monoisotopic (exact) mass is 372 g/mol. The highest BCUT2D eigenvalue weighted by Crippen LogP contribution is 2.33. The first-order chi connectivity index (χ1) is 13.6. The van der Waals surface area contributed by atoms with Crippen molar-refractivity contribution in [2.45, 2.75) is 13.5 Å². The van der Waals surface area contributed by atoms with Gasteiger partial charge < -0.3 is 15.2 Å². The second-order valence-electron chi connectivity index (χ2n) is 6.45. The van der Waals surface area contributed by atoms with Gasteiger partial charge in [-0.3, -0.25) is 0 Å². The summed E-state index contributed by atoms with van der Waals surface area (Å²) in [5.41, 5.74) is 10.5. The Morgan fingerprint density at radius 1 is 1.00 bits per heavy atom. The molecule has 0 amide bonds. The zero-order chi connectivity index (χ0) is 19.5. The van der Waals surface area contributed by atoms with Crippen LogP contribution in [0, 0.1) is 6.92 Å². The van der Waals surface area contributed by atoms with Gasteiger partial charge in [-0.05, 0) is 53.9 Å². The number of nitrogens with two attached hydrogens (primary N) is 1. The Hall–Kier alpha value is -3.67. The molecule has 0 spiro atoms. The summed E-state index contributed by atoms with van der Waals surface area (Å²) < 4.78 is 11.3. The quantitative estimate of drug-likeness (QED) is 0.566. The molecule has 0 unspecified atom stereocenters. The number of hydrogen-bond acceptors (Lipinski definition) is 6. The molecule has 0 fully saturated rings. The van der Waals surface area contributed by atoms with Crippen molar-refractivity contribution in [3.63, 3.8) is 0 Å². The predicted molar refractivity (Wildman–Crippen MR) is 109 cm³/mol. The van der Waals surface area contributed by atoms with Gasteiger partial charge in [-0.15, -0.1) is 0 Å². The van der Waals surface area contributed by atoms with Crippen LogP contribution in [0.3, 0.4) is 0 Å². The molecule has 140 valence electrons. The standard InChI is InChI=1S/C22H20N4O2/c1-14-9-10-24-21(28-13-15-3-6-18(27-2)7-4-15)20(14)16-5-8-19-17(11-16)12-25-22(23)26-19/h3-12H,13H2,1-2H3,(H2,23,25,26). The Balaban J connectivity index is 1.66. The summed E-state index contributed by atoms with van der Waals surface area (Å²) in [6, 6.07) is 15.7. The highest BCUT2D eigenvalue weighted by molar-refractivity contribution is 5.86. The fraction of sp³-hybridized carbons (Fsp3) is 0.136. The van der Waals surface area contributed by atoms with Crippen molar-refractivity contribution in [2.75, 3.05) is 12.8 Å². The minimum atomic E-state index is 0.265. The molecule has 28 heavy (non-hydrogen) atoms. The smallest absolute Gasteiger partial charge is 0.221 e. The number of rotatable bonds is 5. The third-order valence-electron chi connectivity index (χ3n) is 4.55. The first kappa shape index (κ1) is 17.7. The van der Waals surface area contributed by atoms with Gasteiger partial charge >= 0.3 is 0 Å². The summed E-state index contributed by atoms with van der Waals surface area (Å²) in [5, 5.41) is 0.913. The highest BCUT2D eigenvalue weighted by Gasteiger charge is 2.12. The van der Waals surface area contributed by atoms with Gasteiger partial charge in [-0.25, -0.2) is 15.0 Å². The SMILES string of the molecule is COc1ccc(COc2nccc(C)c2-c2ccc3nc(N)ncc3c2)cc1. The summed E-state index contributed by atoms with van der Waals surface area (Å²) in [6.07, 6.45) is 3.48. The molecule has 0 saturated carbocycles. The van der Waals surface area contributed by atoms with Gasteiger partial charge in [0.15, 0.2) is 0 Å². The summed E-state index contributed by atoms with van der Waals surface area (Å²) >= 11 is 0. The van der Waals surface area contributed by atoms with Crippen LogP contribution in [0.4, 0.5) is 5.95 Å². The lowest BCUT2D eigenvalue weighted by atomic mass is 10.0. The third kappa shape index (κ3) is 3.57. The molecule has 0 saturated heterocycles. The van der Waals surface area contributed by atoms with Crippen molar-refractivity contribution >= 4 is 16.9 Å². The summed E-state index contributed by atoms with van der Waals surface area (Å²) in [6.45, 7) is 2.46. The first-order valence-corrected chi connectivity index (χ1v) is 8.88. The van der Waals surface area contributed by atoms with E-state index in [1.165, 1.54) is 0 Å². The maximum Gasteiger partial charge on any atom is 0.221 e. The van der Waals surface area contributed by atoms with E-state index in [0.717, 1.165) is 38.9 Å². The highest BCUT2D eigenvalue weighted by atomic mass is 16.5. The van der Waals surface area contributed by atoms with E-state index in [2.05, 4.69) is 15.0 Å². The first-order valence-electron chi connectivity index (χ1n) is 8.88. The lowest BCUT2D eigenvalue weighted by Crippen LogP contribution is -2.00. The van der Waals surface area contributed by atoms with Crippen LogP contribution >= 0.6 is 0 Å². The molecule has 2 heterocycles. The number of benzene rings is 2. The molecule has 0 aliphatic heterocycles. The maximum absolute atomic E-state index is 6.06. The van der Waals surface area contributed by atoms with Gasteiger partial charge in [0.2, 0.25) is 11.8 Å². The number of pyridine rings is 1. The van der Waals surface area contributed by atoms with Crippen LogP contribution in [0.15, 0.2) is 60.9 Å². The van der Waals surface area contributed by atoms with Crippen molar-refractivity contribution < 1.29 is 9.47 Å². The van der Waals surface area contributed by atoms with Crippen molar-refractivity contribution in [3.05, 3.63) is 72.1 Å². The molecule has 4 rings (SSSR count). The van der Waals surface area contributed by atoms with Crippen LogP contribution in [0.5, 0.6) is 11.6 Å². The number of ether oxygens (including phenoxy) is 2. The normalized spacial score (nSPS) is 10.8. The third-order valence-corrected chi connectivity index (χ3v) is 4.55. The summed E-state index contributed by atoms with van der Waals surface area (Å²) in [5.74, 6) is 1.67. The van der Waals surface area contributed by atoms with Gasteiger partial charge in [-0.1, -0.05) is 18.2 Å². The minimum Gasteiger partial charge on any atom is -0.497 e. The molecule has 6 nitrogen and oxygen atoms in total. The number of aromatic nitrogens is 3. The maximum atomic E-state index is 6.06. The predicted octanol–water partition coefficient (Wildman–Crippen LogP) is 4.17. The summed E-state index contributed by atoms with van der Waals surface area (Å²) in [7, 11) is 1.65. The van der Waals surface area contributed by atoms with Crippen LogP contribution in [0.2, 0.25) is 0 Å². The van der Waals surface area contributed by atoms with Crippen molar-refractivity contribution in [1.29, 1.82) is 0 Å². The van der Waals surface area contributed by atoms with Gasteiger partial charge in [0.05, 0.1) is 12.6 Å². The van der Waals surface area contributed by atoms with Gasteiger partial charge in [0.1, 0.15) is 12.4 Å². The molecule has 6 heteroatoms.